The van der Waals surface area contributed by atoms with Gasteiger partial charge in [0.15, 0.2) is 18.1 Å². The van der Waals surface area contributed by atoms with Crippen molar-refractivity contribution >= 4 is 46.1 Å². The molecule has 0 saturated carbocycles. The van der Waals surface area contributed by atoms with Crippen LogP contribution in [0.3, 0.4) is 0 Å². The van der Waals surface area contributed by atoms with Crippen LogP contribution >= 0.6 is 22.9 Å². The first kappa shape index (κ1) is 17.8. The van der Waals surface area contributed by atoms with Crippen LogP contribution in [-0.2, 0) is 4.79 Å². The molecular formula is C14H15ClN4O4S. The molecule has 1 heterocycles. The van der Waals surface area contributed by atoms with E-state index >= 15 is 0 Å². The van der Waals surface area contributed by atoms with Crippen LogP contribution in [0.5, 0.6) is 11.5 Å². The summed E-state index contributed by atoms with van der Waals surface area (Å²) in [5, 5.41) is 15.2. The normalized spacial score (nSPS) is 10.8. The Bertz CT molecular complexity index is 750. The van der Waals surface area contributed by atoms with Gasteiger partial charge in [0.05, 0.1) is 17.8 Å². The molecule has 2 aromatic rings. The van der Waals surface area contributed by atoms with E-state index in [1.165, 1.54) is 17.6 Å². The van der Waals surface area contributed by atoms with Crippen molar-refractivity contribution in [2.45, 2.75) is 6.92 Å². The average Bonchev–Trinajstić information content (AvgIpc) is 2.92. The highest BCUT2D eigenvalue weighted by Gasteiger charge is 2.13. The third-order valence-corrected chi connectivity index (χ3v) is 3.61. The van der Waals surface area contributed by atoms with E-state index in [1.54, 1.807) is 24.4 Å². The quantitative estimate of drug-likeness (QED) is 0.482. The van der Waals surface area contributed by atoms with Gasteiger partial charge in [-0.2, -0.15) is 5.10 Å². The number of carboxylic acid groups (broad SMARTS) is 1. The minimum atomic E-state index is -1.11. The molecule has 0 unspecified atom stereocenters. The van der Waals surface area contributed by atoms with Gasteiger partial charge in [0.2, 0.25) is 5.13 Å². The average molecular weight is 371 g/mol. The van der Waals surface area contributed by atoms with Crippen molar-refractivity contribution < 1.29 is 19.4 Å². The zero-order chi connectivity index (χ0) is 17.5. The summed E-state index contributed by atoms with van der Waals surface area (Å²) in [6.07, 6.45) is 1.52. The van der Waals surface area contributed by atoms with Gasteiger partial charge in [-0.05, 0) is 24.6 Å². The molecule has 24 heavy (non-hydrogen) atoms. The number of nitrogen functional groups attached to an aromatic ring is 1. The number of hydrazone groups is 1. The number of nitrogens with two attached hydrogens (primary N) is 1. The fourth-order valence-corrected chi connectivity index (χ4v) is 2.52. The van der Waals surface area contributed by atoms with Crippen LogP contribution in [0.1, 0.15) is 12.5 Å². The van der Waals surface area contributed by atoms with Crippen LogP contribution in [0.2, 0.25) is 5.02 Å². The smallest absolute Gasteiger partial charge is 0.341 e. The molecule has 0 saturated heterocycles. The van der Waals surface area contributed by atoms with Crippen molar-refractivity contribution in [2.24, 2.45) is 5.10 Å². The Hall–Kier alpha value is -2.52. The zero-order valence-electron chi connectivity index (χ0n) is 12.7. The maximum absolute atomic E-state index is 10.6. The van der Waals surface area contributed by atoms with E-state index in [0.29, 0.717) is 28.9 Å². The summed E-state index contributed by atoms with van der Waals surface area (Å²) in [6, 6.07) is 3.23. The molecular weight excluding hydrogens is 356 g/mol. The second-order valence-electron chi connectivity index (χ2n) is 4.39. The molecule has 0 aliphatic heterocycles. The number of benzene rings is 1. The molecule has 8 nitrogen and oxygen atoms in total. The minimum absolute atomic E-state index is 0.179. The van der Waals surface area contributed by atoms with Crippen LogP contribution in [0, 0.1) is 0 Å². The van der Waals surface area contributed by atoms with Crippen molar-refractivity contribution in [1.82, 2.24) is 4.98 Å². The zero-order valence-corrected chi connectivity index (χ0v) is 14.2. The van der Waals surface area contributed by atoms with Crippen LogP contribution in [0.15, 0.2) is 22.6 Å². The Morgan fingerprint density at radius 2 is 2.33 bits per heavy atom. The first-order valence-electron chi connectivity index (χ1n) is 6.80. The van der Waals surface area contributed by atoms with E-state index in [1.807, 2.05) is 0 Å². The van der Waals surface area contributed by atoms with Crippen molar-refractivity contribution in [3.63, 3.8) is 0 Å². The second-order valence-corrected chi connectivity index (χ2v) is 5.66. The predicted molar refractivity (Wildman–Crippen MR) is 93.5 cm³/mol. The van der Waals surface area contributed by atoms with Gasteiger partial charge >= 0.3 is 5.97 Å². The number of hydrogen-bond acceptors (Lipinski definition) is 8. The third-order valence-electron chi connectivity index (χ3n) is 2.57. The van der Waals surface area contributed by atoms with E-state index in [0.717, 1.165) is 0 Å². The first-order chi connectivity index (χ1) is 11.5. The minimum Gasteiger partial charge on any atom is -0.490 e. The van der Waals surface area contributed by atoms with Crippen molar-refractivity contribution in [3.8, 4) is 11.5 Å². The summed E-state index contributed by atoms with van der Waals surface area (Å²) in [5.41, 5.74) is 8.90. The van der Waals surface area contributed by atoms with Gasteiger partial charge in [-0.15, -0.1) is 11.3 Å². The predicted octanol–water partition coefficient (Wildman–Crippen LogP) is 2.69. The Balaban J connectivity index is 2.16. The number of carboxylic acids is 1. The third kappa shape index (κ3) is 5.00. The van der Waals surface area contributed by atoms with Crippen LogP contribution < -0.4 is 20.6 Å². The van der Waals surface area contributed by atoms with Crippen molar-refractivity contribution in [2.75, 3.05) is 24.4 Å². The number of hydrogen-bond donors (Lipinski definition) is 3. The number of anilines is 2. The number of thiazole rings is 1. The summed E-state index contributed by atoms with van der Waals surface area (Å²) >= 11 is 7.47. The van der Waals surface area contributed by atoms with Gasteiger partial charge in [0, 0.05) is 5.38 Å². The fraction of sp³-hybridized carbons (Fsp3) is 0.214. The number of aliphatic carboxylic acids is 1. The Morgan fingerprint density at radius 1 is 1.54 bits per heavy atom. The number of aromatic nitrogens is 1. The monoisotopic (exact) mass is 370 g/mol. The number of halogens is 1. The Labute approximate surface area is 146 Å². The van der Waals surface area contributed by atoms with E-state index in [2.05, 4.69) is 15.5 Å². The number of nitrogens with one attached hydrogen (secondary N) is 1. The molecule has 0 aliphatic rings. The Morgan fingerprint density at radius 3 is 2.96 bits per heavy atom. The van der Waals surface area contributed by atoms with Crippen LogP contribution in [0.25, 0.3) is 0 Å². The second kappa shape index (κ2) is 8.37. The molecule has 0 aliphatic carbocycles. The van der Waals surface area contributed by atoms with Crippen LogP contribution in [0.4, 0.5) is 10.9 Å². The fourth-order valence-electron chi connectivity index (χ4n) is 1.70. The van der Waals surface area contributed by atoms with E-state index in [4.69, 9.17) is 31.9 Å². The van der Waals surface area contributed by atoms with Gasteiger partial charge in [-0.1, -0.05) is 11.6 Å². The van der Waals surface area contributed by atoms with E-state index in [-0.39, 0.29) is 10.8 Å². The summed E-state index contributed by atoms with van der Waals surface area (Å²) in [7, 11) is 0. The number of rotatable bonds is 8. The molecule has 2 rings (SSSR count). The summed E-state index contributed by atoms with van der Waals surface area (Å²) in [4.78, 5) is 14.7. The SMILES string of the molecule is CCOc1cc(C=NNc2nc(N)cs2)cc(Cl)c1OCC(=O)O. The maximum Gasteiger partial charge on any atom is 0.341 e. The lowest BCUT2D eigenvalue weighted by Gasteiger charge is -2.13. The molecule has 0 atom stereocenters. The van der Waals surface area contributed by atoms with Gasteiger partial charge < -0.3 is 20.3 Å². The summed E-state index contributed by atoms with van der Waals surface area (Å²) < 4.78 is 10.6. The number of carbonyl (C=O) groups is 1. The van der Waals surface area contributed by atoms with Crippen molar-refractivity contribution in [3.05, 3.63) is 28.1 Å². The molecule has 10 heteroatoms. The first-order valence-corrected chi connectivity index (χ1v) is 8.06. The summed E-state index contributed by atoms with van der Waals surface area (Å²) in [5.74, 6) is -0.171. The van der Waals surface area contributed by atoms with Gasteiger partial charge in [-0.25, -0.2) is 9.78 Å². The van der Waals surface area contributed by atoms with E-state index in [9.17, 15) is 4.79 Å². The van der Waals surface area contributed by atoms with Gasteiger partial charge in [0.25, 0.3) is 0 Å². The molecule has 0 bridgehead atoms. The van der Waals surface area contributed by atoms with Gasteiger partial charge in [0.1, 0.15) is 5.82 Å². The lowest BCUT2D eigenvalue weighted by molar-refractivity contribution is -0.139. The lowest BCUT2D eigenvalue weighted by atomic mass is 10.2. The maximum atomic E-state index is 10.6. The molecule has 4 N–H and O–H groups in total. The number of nitrogens with zero attached hydrogens (tertiary/aromatic N) is 2. The molecule has 0 radical (unpaired) electrons. The number of ether oxygens (including phenoxy) is 2. The Kier molecular flexibility index (Phi) is 6.21. The van der Waals surface area contributed by atoms with Gasteiger partial charge in [-0.3, -0.25) is 5.43 Å². The molecule has 0 amide bonds. The topological polar surface area (TPSA) is 119 Å². The standard InChI is InChI=1S/C14H15ClN4O4S/c1-2-22-10-4-8(3-9(15)13(10)23-6-12(20)21)5-17-19-14-18-11(16)7-24-14/h3-5,7H,2,6,16H2,1H3,(H,18,19)(H,20,21). The lowest BCUT2D eigenvalue weighted by Crippen LogP contribution is -2.11. The highest BCUT2D eigenvalue weighted by Crippen LogP contribution is 2.36. The molecule has 0 spiro atoms. The summed E-state index contributed by atoms with van der Waals surface area (Å²) in [6.45, 7) is 1.65. The molecule has 128 valence electrons. The highest BCUT2D eigenvalue weighted by molar-refractivity contribution is 7.14. The molecule has 1 aromatic heterocycles. The van der Waals surface area contributed by atoms with E-state index < -0.39 is 12.6 Å². The largest absolute Gasteiger partial charge is 0.490 e. The highest BCUT2D eigenvalue weighted by atomic mass is 35.5. The molecule has 0 fully saturated rings. The molecule has 1 aromatic carbocycles. The van der Waals surface area contributed by atoms with Crippen LogP contribution in [-0.4, -0.2) is 35.5 Å². The van der Waals surface area contributed by atoms with Crippen molar-refractivity contribution in [1.29, 1.82) is 0 Å².